The monoisotopic (exact) mass is 482 g/mol. The van der Waals surface area contributed by atoms with Gasteiger partial charge in [0.15, 0.2) is 6.61 Å². The molecule has 1 amide bonds. The lowest BCUT2D eigenvalue weighted by molar-refractivity contribution is -0.384. The number of nitrogens with zero attached hydrogens (tertiary/aromatic N) is 4. The lowest BCUT2D eigenvalue weighted by Crippen LogP contribution is -2.50. The zero-order valence-electron chi connectivity index (χ0n) is 20.7. The maximum atomic E-state index is 12.8. The Morgan fingerprint density at radius 2 is 1.74 bits per heavy atom. The molecule has 2 saturated heterocycles. The predicted molar refractivity (Wildman–Crippen MR) is 136 cm³/mol. The molecule has 0 aromatic heterocycles. The SMILES string of the molecule is Cc1ccc(C(C)C)c(OCC(=O)N2CCN(c3ccc([N+](=O)[O-])c(N4CCOCC4)c3)CC2)c1. The lowest BCUT2D eigenvalue weighted by atomic mass is 10.0. The molecular formula is C26H34N4O5. The van der Waals surface area contributed by atoms with E-state index in [9.17, 15) is 14.9 Å². The second-order valence-corrected chi connectivity index (χ2v) is 9.38. The predicted octanol–water partition coefficient (Wildman–Crippen LogP) is 3.59. The molecule has 4 rings (SSSR count). The van der Waals surface area contributed by atoms with Crippen molar-refractivity contribution in [2.45, 2.75) is 26.7 Å². The van der Waals surface area contributed by atoms with Crippen LogP contribution in [0.15, 0.2) is 36.4 Å². The molecule has 2 aromatic carbocycles. The van der Waals surface area contributed by atoms with Gasteiger partial charge in [0.05, 0.1) is 18.1 Å². The second-order valence-electron chi connectivity index (χ2n) is 9.38. The average molecular weight is 483 g/mol. The zero-order valence-corrected chi connectivity index (χ0v) is 20.7. The molecule has 0 spiro atoms. The van der Waals surface area contributed by atoms with Crippen LogP contribution in [0, 0.1) is 17.0 Å². The minimum atomic E-state index is -0.329. The van der Waals surface area contributed by atoms with Gasteiger partial charge in [-0.2, -0.15) is 0 Å². The maximum Gasteiger partial charge on any atom is 0.292 e. The highest BCUT2D eigenvalue weighted by Crippen LogP contribution is 2.33. The molecule has 35 heavy (non-hydrogen) atoms. The Morgan fingerprint density at radius 1 is 1.03 bits per heavy atom. The van der Waals surface area contributed by atoms with E-state index in [0.717, 1.165) is 22.6 Å². The fourth-order valence-corrected chi connectivity index (χ4v) is 4.61. The zero-order chi connectivity index (χ0) is 24.9. The normalized spacial score (nSPS) is 16.5. The maximum absolute atomic E-state index is 12.8. The Kier molecular flexibility index (Phi) is 7.75. The van der Waals surface area contributed by atoms with E-state index < -0.39 is 0 Å². The van der Waals surface area contributed by atoms with E-state index in [1.165, 1.54) is 0 Å². The molecule has 2 aliphatic heterocycles. The van der Waals surface area contributed by atoms with Crippen molar-refractivity contribution in [2.24, 2.45) is 0 Å². The Balaban J connectivity index is 1.37. The molecule has 0 radical (unpaired) electrons. The second kappa shape index (κ2) is 10.9. The van der Waals surface area contributed by atoms with Gasteiger partial charge in [-0.15, -0.1) is 0 Å². The highest BCUT2D eigenvalue weighted by Gasteiger charge is 2.26. The van der Waals surface area contributed by atoms with Crippen molar-refractivity contribution in [1.82, 2.24) is 4.90 Å². The molecule has 0 atom stereocenters. The number of hydrogen-bond donors (Lipinski definition) is 0. The molecule has 2 fully saturated rings. The third-order valence-corrected chi connectivity index (χ3v) is 6.65. The number of nitro groups is 1. The first kappa shape index (κ1) is 24.8. The van der Waals surface area contributed by atoms with Crippen molar-refractivity contribution < 1.29 is 19.2 Å². The van der Waals surface area contributed by atoms with E-state index in [1.54, 1.807) is 12.1 Å². The van der Waals surface area contributed by atoms with Gasteiger partial charge in [0.1, 0.15) is 11.4 Å². The van der Waals surface area contributed by atoms with Gasteiger partial charge in [-0.05, 0) is 42.2 Å². The number of hydrogen-bond acceptors (Lipinski definition) is 7. The third kappa shape index (κ3) is 5.85. The van der Waals surface area contributed by atoms with Crippen molar-refractivity contribution in [3.05, 3.63) is 57.6 Å². The smallest absolute Gasteiger partial charge is 0.292 e. The molecule has 188 valence electrons. The molecule has 9 heteroatoms. The van der Waals surface area contributed by atoms with Gasteiger partial charge in [0.2, 0.25) is 0 Å². The van der Waals surface area contributed by atoms with E-state index in [2.05, 4.69) is 30.9 Å². The number of ether oxygens (including phenoxy) is 2. The number of carbonyl (C=O) groups is 1. The largest absolute Gasteiger partial charge is 0.483 e. The summed E-state index contributed by atoms with van der Waals surface area (Å²) in [5.41, 5.74) is 3.87. The number of rotatable bonds is 7. The number of anilines is 2. The molecule has 2 aromatic rings. The van der Waals surface area contributed by atoms with E-state index in [-0.39, 0.29) is 23.1 Å². The summed E-state index contributed by atoms with van der Waals surface area (Å²) in [6.45, 7) is 11.1. The van der Waals surface area contributed by atoms with Crippen LogP contribution in [-0.2, 0) is 9.53 Å². The molecule has 2 aliphatic rings. The number of benzene rings is 2. The van der Waals surface area contributed by atoms with Crippen molar-refractivity contribution >= 4 is 23.0 Å². The van der Waals surface area contributed by atoms with Gasteiger partial charge in [-0.1, -0.05) is 26.0 Å². The van der Waals surface area contributed by atoms with Crippen LogP contribution in [0.4, 0.5) is 17.1 Å². The van der Waals surface area contributed by atoms with E-state index >= 15 is 0 Å². The standard InChI is InChI=1S/C26H34N4O5/c1-19(2)22-6-4-20(3)16-25(22)35-18-26(31)29-10-8-27(9-11-29)21-5-7-23(30(32)33)24(17-21)28-12-14-34-15-13-28/h4-7,16-17,19H,8-15,18H2,1-3H3. The first-order valence-electron chi connectivity index (χ1n) is 12.2. The van der Waals surface area contributed by atoms with Crippen LogP contribution in [0.3, 0.4) is 0 Å². The Hall–Kier alpha value is -3.33. The molecule has 0 bridgehead atoms. The van der Waals surface area contributed by atoms with Gasteiger partial charge in [-0.3, -0.25) is 14.9 Å². The average Bonchev–Trinajstić information content (AvgIpc) is 2.87. The van der Waals surface area contributed by atoms with Gasteiger partial charge in [0.25, 0.3) is 11.6 Å². The van der Waals surface area contributed by atoms with E-state index in [0.29, 0.717) is 64.1 Å². The molecule has 9 nitrogen and oxygen atoms in total. The van der Waals surface area contributed by atoms with E-state index in [4.69, 9.17) is 9.47 Å². The molecule has 0 saturated carbocycles. The van der Waals surface area contributed by atoms with Crippen LogP contribution in [0.1, 0.15) is 30.9 Å². The van der Waals surface area contributed by atoms with Crippen molar-refractivity contribution in [3.63, 3.8) is 0 Å². The number of carbonyl (C=O) groups excluding carboxylic acids is 1. The quantitative estimate of drug-likeness (QED) is 0.440. The molecule has 0 aliphatic carbocycles. The number of amides is 1. The Bertz CT molecular complexity index is 1060. The highest BCUT2D eigenvalue weighted by atomic mass is 16.6. The topological polar surface area (TPSA) is 88.4 Å². The van der Waals surface area contributed by atoms with Crippen LogP contribution >= 0.6 is 0 Å². The molecular weight excluding hydrogens is 448 g/mol. The fourth-order valence-electron chi connectivity index (χ4n) is 4.61. The summed E-state index contributed by atoms with van der Waals surface area (Å²) in [6, 6.07) is 11.4. The first-order chi connectivity index (χ1) is 16.8. The van der Waals surface area contributed by atoms with Crippen LogP contribution in [-0.4, -0.2) is 74.8 Å². The summed E-state index contributed by atoms with van der Waals surface area (Å²) < 4.78 is 11.3. The summed E-state index contributed by atoms with van der Waals surface area (Å²) >= 11 is 0. The van der Waals surface area contributed by atoms with Crippen LogP contribution < -0.4 is 14.5 Å². The lowest BCUT2D eigenvalue weighted by Gasteiger charge is -2.36. The number of nitro benzene ring substituents is 1. The summed E-state index contributed by atoms with van der Waals surface area (Å²) in [6.07, 6.45) is 0. The molecule has 0 N–H and O–H groups in total. The number of aryl methyl sites for hydroxylation is 1. The summed E-state index contributed by atoms with van der Waals surface area (Å²) in [5.74, 6) is 1.06. The van der Waals surface area contributed by atoms with Gasteiger partial charge in [0, 0.05) is 51.0 Å². The van der Waals surface area contributed by atoms with Gasteiger partial charge < -0.3 is 24.2 Å². The van der Waals surface area contributed by atoms with E-state index in [1.807, 2.05) is 28.9 Å². The number of piperazine rings is 1. The van der Waals surface area contributed by atoms with Crippen molar-refractivity contribution in [2.75, 3.05) is 68.9 Å². The van der Waals surface area contributed by atoms with Gasteiger partial charge in [-0.25, -0.2) is 0 Å². The Labute approximate surface area is 206 Å². The van der Waals surface area contributed by atoms with Crippen LogP contribution in [0.5, 0.6) is 5.75 Å². The van der Waals surface area contributed by atoms with Crippen LogP contribution in [0.2, 0.25) is 0 Å². The van der Waals surface area contributed by atoms with Crippen molar-refractivity contribution in [3.8, 4) is 5.75 Å². The van der Waals surface area contributed by atoms with Crippen molar-refractivity contribution in [1.29, 1.82) is 0 Å². The minimum absolute atomic E-state index is 0.0158. The highest BCUT2D eigenvalue weighted by molar-refractivity contribution is 5.78. The Morgan fingerprint density at radius 3 is 2.40 bits per heavy atom. The number of morpholine rings is 1. The first-order valence-corrected chi connectivity index (χ1v) is 12.2. The summed E-state index contributed by atoms with van der Waals surface area (Å²) in [7, 11) is 0. The van der Waals surface area contributed by atoms with Crippen LogP contribution in [0.25, 0.3) is 0 Å². The molecule has 0 unspecified atom stereocenters. The van der Waals surface area contributed by atoms with Gasteiger partial charge >= 0.3 is 0 Å². The third-order valence-electron chi connectivity index (χ3n) is 6.65. The summed E-state index contributed by atoms with van der Waals surface area (Å²) in [4.78, 5) is 30.1. The minimum Gasteiger partial charge on any atom is -0.483 e. The fraction of sp³-hybridized carbons (Fsp3) is 0.500. The summed E-state index contributed by atoms with van der Waals surface area (Å²) in [5, 5.41) is 11.6. The molecule has 2 heterocycles.